The fraction of sp³-hybridized carbons (Fsp3) is 0.324. The summed E-state index contributed by atoms with van der Waals surface area (Å²) < 4.78 is 39.1. The van der Waals surface area contributed by atoms with E-state index in [1.807, 2.05) is 72.5 Å². The molecule has 0 aromatic heterocycles. The average Bonchev–Trinajstić information content (AvgIpc) is 3.19. The molecule has 0 aliphatic carbocycles. The molecule has 1 saturated heterocycles. The first-order valence-corrected chi connectivity index (χ1v) is 14.9. The molecular formula is C34H39F3N6O2. The number of nitrogens with one attached hydrogen (secondary N) is 4. The van der Waals surface area contributed by atoms with Gasteiger partial charge in [0.2, 0.25) is 11.8 Å². The van der Waals surface area contributed by atoms with Crippen LogP contribution in [0.4, 0.5) is 13.2 Å². The van der Waals surface area contributed by atoms with Crippen molar-refractivity contribution in [2.24, 2.45) is 5.73 Å². The number of carbonyl (C=O) groups is 2. The van der Waals surface area contributed by atoms with Crippen LogP contribution >= 0.6 is 0 Å². The third-order valence-corrected chi connectivity index (χ3v) is 7.89. The molecule has 11 heteroatoms. The van der Waals surface area contributed by atoms with Crippen molar-refractivity contribution < 1.29 is 22.8 Å². The molecule has 3 atom stereocenters. The van der Waals surface area contributed by atoms with E-state index in [0.29, 0.717) is 25.9 Å². The fourth-order valence-corrected chi connectivity index (χ4v) is 5.55. The van der Waals surface area contributed by atoms with Crippen LogP contribution in [0, 0.1) is 5.41 Å². The van der Waals surface area contributed by atoms with Crippen molar-refractivity contribution >= 4 is 23.8 Å². The molecule has 45 heavy (non-hydrogen) atoms. The number of hydrogen-bond acceptors (Lipinski definition) is 4. The molecule has 3 aromatic rings. The minimum absolute atomic E-state index is 0.0740. The highest BCUT2D eigenvalue weighted by atomic mass is 19.4. The zero-order chi connectivity index (χ0) is 32.4. The lowest BCUT2D eigenvalue weighted by Gasteiger charge is -2.32. The van der Waals surface area contributed by atoms with Gasteiger partial charge in [-0.05, 0) is 47.7 Å². The maximum atomic E-state index is 14.1. The van der Waals surface area contributed by atoms with Gasteiger partial charge in [0, 0.05) is 37.7 Å². The normalized spacial score (nSPS) is 18.1. The molecule has 0 bridgehead atoms. The highest BCUT2D eigenvalue weighted by Crippen LogP contribution is 2.30. The summed E-state index contributed by atoms with van der Waals surface area (Å²) >= 11 is 0. The van der Waals surface area contributed by atoms with Gasteiger partial charge in [0.05, 0.1) is 11.6 Å². The maximum absolute atomic E-state index is 14.1. The molecule has 1 aliphatic heterocycles. The van der Waals surface area contributed by atoms with Gasteiger partial charge in [0.25, 0.3) is 0 Å². The number of carbonyl (C=O) groups excluding carboxylic acids is 2. The standard InChI is InChI=1S/C34H39F3N6O2/c1-2-29(42-33(38)39)31-32(45)43(22-28(24-11-5-3-6-12-24)25-13-7-4-8-14-25)19-18-27(41-31)21-40-30(44)17-16-23-10-9-15-26(20-23)34(35,36)37/h3-17,20,27-29,31,41H,2,18-19,21-22H2,1H3,(H,40,44)(H4,38,39,42)/b17-16+/t27-,29?,31-/m0/s1. The SMILES string of the molecule is CCC(NC(=N)N)[C@@H]1N[C@H](CNC(=O)/C=C/c2cccc(C(F)(F)F)c2)CCN(CC(c2ccccc2)c2ccccc2)C1=O. The van der Waals surface area contributed by atoms with Crippen LogP contribution in [0.5, 0.6) is 0 Å². The van der Waals surface area contributed by atoms with E-state index in [9.17, 15) is 22.8 Å². The molecule has 4 rings (SSSR count). The Bertz CT molecular complexity index is 1430. The van der Waals surface area contributed by atoms with Crippen LogP contribution in [0.3, 0.4) is 0 Å². The average molecular weight is 621 g/mol. The molecule has 1 fully saturated rings. The van der Waals surface area contributed by atoms with Crippen molar-refractivity contribution in [2.45, 2.75) is 50.0 Å². The van der Waals surface area contributed by atoms with Gasteiger partial charge in [0.1, 0.15) is 6.04 Å². The number of rotatable bonds is 11. The summed E-state index contributed by atoms with van der Waals surface area (Å²) in [5.41, 5.74) is 7.28. The number of halogens is 3. The molecule has 6 N–H and O–H groups in total. The Kier molecular flexibility index (Phi) is 11.4. The minimum atomic E-state index is -4.48. The first-order valence-electron chi connectivity index (χ1n) is 14.9. The third-order valence-electron chi connectivity index (χ3n) is 7.89. The Morgan fingerprint density at radius 1 is 1.07 bits per heavy atom. The van der Waals surface area contributed by atoms with Crippen LogP contribution in [0.2, 0.25) is 0 Å². The number of benzene rings is 3. The van der Waals surface area contributed by atoms with E-state index < -0.39 is 29.7 Å². The van der Waals surface area contributed by atoms with E-state index in [1.54, 1.807) is 0 Å². The monoisotopic (exact) mass is 620 g/mol. The van der Waals surface area contributed by atoms with E-state index in [2.05, 4.69) is 16.0 Å². The number of guanidine groups is 1. The molecule has 1 heterocycles. The van der Waals surface area contributed by atoms with Gasteiger partial charge in [0.15, 0.2) is 5.96 Å². The van der Waals surface area contributed by atoms with Crippen molar-refractivity contribution in [3.05, 3.63) is 113 Å². The topological polar surface area (TPSA) is 123 Å². The zero-order valence-corrected chi connectivity index (χ0v) is 25.1. The summed E-state index contributed by atoms with van der Waals surface area (Å²) in [6.07, 6.45) is -0.911. The lowest BCUT2D eigenvalue weighted by Crippen LogP contribution is -2.60. The summed E-state index contributed by atoms with van der Waals surface area (Å²) in [4.78, 5) is 28.6. The smallest absolute Gasteiger partial charge is 0.370 e. The molecular weight excluding hydrogens is 581 g/mol. The van der Waals surface area contributed by atoms with Gasteiger partial charge < -0.3 is 21.3 Å². The van der Waals surface area contributed by atoms with Crippen LogP contribution in [0.25, 0.3) is 6.08 Å². The largest absolute Gasteiger partial charge is 0.416 e. The Labute approximate surface area is 261 Å². The van der Waals surface area contributed by atoms with Crippen LogP contribution < -0.4 is 21.7 Å². The lowest BCUT2D eigenvalue weighted by molar-refractivity contribution is -0.137. The molecule has 2 amide bonds. The predicted octanol–water partition coefficient (Wildman–Crippen LogP) is 4.49. The van der Waals surface area contributed by atoms with Crippen LogP contribution in [-0.4, -0.2) is 60.4 Å². The first-order chi connectivity index (χ1) is 21.5. The maximum Gasteiger partial charge on any atom is 0.416 e. The quantitative estimate of drug-likeness (QED) is 0.123. The number of nitrogens with two attached hydrogens (primary N) is 1. The molecule has 0 saturated carbocycles. The molecule has 238 valence electrons. The number of hydrogen-bond donors (Lipinski definition) is 5. The first kappa shape index (κ1) is 33.3. The summed E-state index contributed by atoms with van der Waals surface area (Å²) in [6, 6.07) is 23.2. The zero-order valence-electron chi connectivity index (χ0n) is 25.1. The second-order valence-corrected chi connectivity index (χ2v) is 11.1. The van der Waals surface area contributed by atoms with E-state index >= 15 is 0 Å². The number of alkyl halides is 3. The van der Waals surface area contributed by atoms with Gasteiger partial charge in [-0.15, -0.1) is 0 Å². The van der Waals surface area contributed by atoms with Gasteiger partial charge in [-0.3, -0.25) is 20.3 Å². The van der Waals surface area contributed by atoms with Gasteiger partial charge in [-0.2, -0.15) is 13.2 Å². The van der Waals surface area contributed by atoms with Gasteiger partial charge >= 0.3 is 6.18 Å². The van der Waals surface area contributed by atoms with Crippen molar-refractivity contribution in [3.8, 4) is 0 Å². The fourth-order valence-electron chi connectivity index (χ4n) is 5.55. The van der Waals surface area contributed by atoms with Crippen molar-refractivity contribution in [1.82, 2.24) is 20.9 Å². The van der Waals surface area contributed by atoms with Crippen LogP contribution in [0.15, 0.2) is 91.0 Å². The van der Waals surface area contributed by atoms with Crippen molar-refractivity contribution in [1.29, 1.82) is 5.41 Å². The van der Waals surface area contributed by atoms with Gasteiger partial charge in [-0.1, -0.05) is 79.7 Å². The Morgan fingerprint density at radius 2 is 1.71 bits per heavy atom. The molecule has 8 nitrogen and oxygen atoms in total. The Balaban J connectivity index is 1.51. The highest BCUT2D eigenvalue weighted by molar-refractivity contribution is 5.91. The number of nitrogens with zero attached hydrogens (tertiary/aromatic N) is 1. The summed E-state index contributed by atoms with van der Waals surface area (Å²) in [5, 5.41) is 16.9. The summed E-state index contributed by atoms with van der Waals surface area (Å²) in [7, 11) is 0. The molecule has 1 unspecified atom stereocenters. The Morgan fingerprint density at radius 3 is 2.29 bits per heavy atom. The van der Waals surface area contributed by atoms with Crippen molar-refractivity contribution in [2.75, 3.05) is 19.6 Å². The lowest BCUT2D eigenvalue weighted by atomic mass is 9.90. The molecule has 0 spiro atoms. The summed E-state index contributed by atoms with van der Waals surface area (Å²) in [6.45, 7) is 2.94. The number of amides is 2. The molecule has 1 aliphatic rings. The van der Waals surface area contributed by atoms with Gasteiger partial charge in [-0.25, -0.2) is 0 Å². The molecule has 3 aromatic carbocycles. The van der Waals surface area contributed by atoms with E-state index in [4.69, 9.17) is 11.1 Å². The highest BCUT2D eigenvalue weighted by Gasteiger charge is 2.37. The second-order valence-electron chi connectivity index (χ2n) is 11.1. The van der Waals surface area contributed by atoms with E-state index in [-0.39, 0.29) is 35.9 Å². The van der Waals surface area contributed by atoms with Crippen LogP contribution in [-0.2, 0) is 15.8 Å². The van der Waals surface area contributed by atoms with E-state index in [1.165, 1.54) is 24.3 Å². The van der Waals surface area contributed by atoms with E-state index in [0.717, 1.165) is 23.3 Å². The summed E-state index contributed by atoms with van der Waals surface area (Å²) in [5.74, 6) is -0.926. The minimum Gasteiger partial charge on any atom is -0.370 e. The Hall–Kier alpha value is -4.64. The third kappa shape index (κ3) is 9.42. The second kappa shape index (κ2) is 15.4. The van der Waals surface area contributed by atoms with Crippen molar-refractivity contribution in [3.63, 3.8) is 0 Å². The predicted molar refractivity (Wildman–Crippen MR) is 169 cm³/mol. The van der Waals surface area contributed by atoms with Crippen LogP contribution in [0.1, 0.15) is 47.9 Å². The molecule has 0 radical (unpaired) electrons.